The zero-order valence-corrected chi connectivity index (χ0v) is 22.4. The minimum Gasteiger partial charge on any atom is -0.444 e. The van der Waals surface area contributed by atoms with Crippen LogP contribution < -0.4 is 10.6 Å². The molecule has 8 nitrogen and oxygen atoms in total. The Kier molecular flexibility index (Phi) is 10.6. The Morgan fingerprint density at radius 2 is 2.00 bits per heavy atom. The van der Waals surface area contributed by atoms with E-state index in [2.05, 4.69) is 41.4 Å². The number of piperidine rings is 1. The molecule has 1 aliphatic heterocycles. The highest BCUT2D eigenvalue weighted by Gasteiger charge is 2.27. The molecule has 1 unspecified atom stereocenters. The number of nitrogens with one attached hydrogen (secondary N) is 2. The van der Waals surface area contributed by atoms with Crippen molar-refractivity contribution in [2.24, 2.45) is 10.9 Å². The second-order valence-corrected chi connectivity index (χ2v) is 9.88. The van der Waals surface area contributed by atoms with E-state index < -0.39 is 5.60 Å². The molecule has 1 saturated heterocycles. The molecule has 1 aliphatic rings. The first-order valence-electron chi connectivity index (χ1n) is 10.9. The van der Waals surface area contributed by atoms with E-state index in [1.54, 1.807) is 6.20 Å². The van der Waals surface area contributed by atoms with Crippen LogP contribution in [-0.4, -0.2) is 53.7 Å². The Bertz CT molecular complexity index is 721. The maximum Gasteiger partial charge on any atom is 0.410 e. The molecule has 0 aliphatic carbocycles. The van der Waals surface area contributed by atoms with Gasteiger partial charge in [0.05, 0.1) is 6.20 Å². The summed E-state index contributed by atoms with van der Waals surface area (Å²) in [5.74, 6) is 2.53. The topological polar surface area (TPSA) is 92.0 Å². The lowest BCUT2D eigenvalue weighted by atomic mass is 9.94. The van der Waals surface area contributed by atoms with E-state index in [-0.39, 0.29) is 35.5 Å². The first-order chi connectivity index (χ1) is 14.0. The smallest absolute Gasteiger partial charge is 0.410 e. The number of aliphatic imine (C=N–C) groups is 1. The summed E-state index contributed by atoms with van der Waals surface area (Å²) in [5.41, 5.74) is -0.543. The number of amides is 1. The van der Waals surface area contributed by atoms with Crippen LogP contribution >= 0.6 is 24.0 Å². The van der Waals surface area contributed by atoms with Crippen molar-refractivity contribution in [3.63, 3.8) is 0 Å². The summed E-state index contributed by atoms with van der Waals surface area (Å²) in [6.45, 7) is 17.3. The first-order valence-corrected chi connectivity index (χ1v) is 10.9. The number of nitrogens with zero attached hydrogens (tertiary/aromatic N) is 3. The summed E-state index contributed by atoms with van der Waals surface area (Å²) in [6.07, 6.45) is 3.59. The summed E-state index contributed by atoms with van der Waals surface area (Å²) in [6, 6.07) is 0. The van der Waals surface area contributed by atoms with Crippen LogP contribution in [0, 0.1) is 5.92 Å². The molecule has 0 spiro atoms. The lowest BCUT2D eigenvalue weighted by Crippen LogP contribution is -2.47. The van der Waals surface area contributed by atoms with Gasteiger partial charge in [0.1, 0.15) is 17.9 Å². The quantitative estimate of drug-likeness (QED) is 0.324. The number of halogens is 1. The number of guanidine groups is 1. The molecule has 31 heavy (non-hydrogen) atoms. The number of likely N-dealkylation sites (tertiary alicyclic amines) is 1. The number of hydrogen-bond donors (Lipinski definition) is 2. The van der Waals surface area contributed by atoms with Gasteiger partial charge in [-0.1, -0.05) is 20.8 Å². The van der Waals surface area contributed by atoms with Crippen molar-refractivity contribution in [3.05, 3.63) is 17.8 Å². The predicted molar refractivity (Wildman–Crippen MR) is 134 cm³/mol. The van der Waals surface area contributed by atoms with Crippen LogP contribution in [0.2, 0.25) is 0 Å². The summed E-state index contributed by atoms with van der Waals surface area (Å²) in [5, 5.41) is 6.65. The monoisotopic (exact) mass is 549 g/mol. The second-order valence-electron chi connectivity index (χ2n) is 9.88. The van der Waals surface area contributed by atoms with E-state index in [1.807, 2.05) is 32.6 Å². The van der Waals surface area contributed by atoms with Crippen molar-refractivity contribution in [3.8, 4) is 0 Å². The fourth-order valence-corrected chi connectivity index (χ4v) is 3.18. The Morgan fingerprint density at radius 1 is 1.29 bits per heavy atom. The van der Waals surface area contributed by atoms with Crippen molar-refractivity contribution in [2.75, 3.05) is 26.2 Å². The first kappa shape index (κ1) is 27.5. The molecule has 1 fully saturated rings. The van der Waals surface area contributed by atoms with Crippen LogP contribution in [0.3, 0.4) is 0 Å². The molecule has 0 bridgehead atoms. The van der Waals surface area contributed by atoms with Crippen LogP contribution in [0.25, 0.3) is 0 Å². The summed E-state index contributed by atoms with van der Waals surface area (Å²) < 4.78 is 11.3. The van der Waals surface area contributed by atoms with E-state index in [0.29, 0.717) is 24.9 Å². The number of oxazole rings is 1. The van der Waals surface area contributed by atoms with Gasteiger partial charge in [-0.05, 0) is 46.5 Å². The normalized spacial score (nSPS) is 17.7. The van der Waals surface area contributed by atoms with E-state index in [1.165, 1.54) is 0 Å². The number of hydrogen-bond acceptors (Lipinski definition) is 5. The van der Waals surface area contributed by atoms with E-state index in [4.69, 9.17) is 9.15 Å². The fraction of sp³-hybridized carbons (Fsp3) is 0.773. The van der Waals surface area contributed by atoms with Gasteiger partial charge in [0.25, 0.3) is 0 Å². The Labute approximate surface area is 204 Å². The molecule has 2 heterocycles. The molecule has 2 rings (SSSR count). The van der Waals surface area contributed by atoms with Gasteiger partial charge in [0, 0.05) is 31.6 Å². The maximum atomic E-state index is 12.4. The molecule has 0 aromatic carbocycles. The standard InChI is InChI=1S/C22H39N5O3.HI/c1-8-23-19(26-14-18-24-13-17(29-18)21(2,3)4)25-12-16-10-9-11-27(15-16)20(28)30-22(5,6)7;/h13,16H,8-12,14-15H2,1-7H3,(H2,23,25,26);1H. The maximum absolute atomic E-state index is 12.4. The molecule has 178 valence electrons. The van der Waals surface area contributed by atoms with Crippen LogP contribution in [0.15, 0.2) is 15.6 Å². The van der Waals surface area contributed by atoms with Gasteiger partial charge in [0.2, 0.25) is 5.89 Å². The Hall–Kier alpha value is -1.52. The van der Waals surface area contributed by atoms with Crippen LogP contribution in [0.4, 0.5) is 4.79 Å². The number of ether oxygens (including phenoxy) is 1. The molecular weight excluding hydrogens is 509 g/mol. The van der Waals surface area contributed by atoms with E-state index >= 15 is 0 Å². The van der Waals surface area contributed by atoms with Gasteiger partial charge in [-0.15, -0.1) is 24.0 Å². The zero-order chi connectivity index (χ0) is 22.4. The number of carbonyl (C=O) groups is 1. The fourth-order valence-electron chi connectivity index (χ4n) is 3.18. The summed E-state index contributed by atoms with van der Waals surface area (Å²) in [4.78, 5) is 23.1. The summed E-state index contributed by atoms with van der Waals surface area (Å²) in [7, 11) is 0. The second kappa shape index (κ2) is 11.9. The van der Waals surface area contributed by atoms with Gasteiger partial charge >= 0.3 is 6.09 Å². The zero-order valence-electron chi connectivity index (χ0n) is 20.1. The highest BCUT2D eigenvalue weighted by molar-refractivity contribution is 14.0. The third kappa shape index (κ3) is 9.65. The molecule has 1 amide bonds. The van der Waals surface area contributed by atoms with Gasteiger partial charge in [-0.2, -0.15) is 0 Å². The minimum atomic E-state index is -0.472. The summed E-state index contributed by atoms with van der Waals surface area (Å²) >= 11 is 0. The van der Waals surface area contributed by atoms with Gasteiger partial charge in [-0.25, -0.2) is 14.8 Å². The molecule has 1 atom stereocenters. The van der Waals surface area contributed by atoms with Crippen molar-refractivity contribution < 1.29 is 13.9 Å². The van der Waals surface area contributed by atoms with Crippen molar-refractivity contribution in [1.29, 1.82) is 0 Å². The molecular formula is C22H40IN5O3. The number of aromatic nitrogens is 1. The highest BCUT2D eigenvalue weighted by atomic mass is 127. The average Bonchev–Trinajstić information content (AvgIpc) is 3.12. The van der Waals surface area contributed by atoms with Gasteiger partial charge in [-0.3, -0.25) is 0 Å². The van der Waals surface area contributed by atoms with E-state index in [0.717, 1.165) is 44.2 Å². The third-order valence-corrected chi connectivity index (χ3v) is 4.74. The van der Waals surface area contributed by atoms with E-state index in [9.17, 15) is 4.79 Å². The average molecular weight is 549 g/mol. The lowest BCUT2D eigenvalue weighted by molar-refractivity contribution is 0.0168. The largest absolute Gasteiger partial charge is 0.444 e. The van der Waals surface area contributed by atoms with Crippen LogP contribution in [0.1, 0.15) is 73.0 Å². The number of rotatable bonds is 5. The van der Waals surface area contributed by atoms with Gasteiger partial charge in [0.15, 0.2) is 5.96 Å². The molecule has 1 aromatic heterocycles. The number of carbonyl (C=O) groups excluding carboxylic acids is 1. The lowest BCUT2D eigenvalue weighted by Gasteiger charge is -2.34. The Morgan fingerprint density at radius 3 is 2.58 bits per heavy atom. The molecule has 0 saturated carbocycles. The Balaban J connectivity index is 0.00000480. The third-order valence-electron chi connectivity index (χ3n) is 4.74. The van der Waals surface area contributed by atoms with Crippen molar-refractivity contribution >= 4 is 36.0 Å². The minimum absolute atomic E-state index is 0. The highest BCUT2D eigenvalue weighted by Crippen LogP contribution is 2.23. The SMILES string of the molecule is CCNC(=NCc1ncc(C(C)(C)C)o1)NCC1CCCN(C(=O)OC(C)(C)C)C1.I. The van der Waals surface area contributed by atoms with Gasteiger partial charge < -0.3 is 24.7 Å². The van der Waals surface area contributed by atoms with Crippen molar-refractivity contribution in [1.82, 2.24) is 20.5 Å². The van der Waals surface area contributed by atoms with Crippen molar-refractivity contribution in [2.45, 2.75) is 78.9 Å². The van der Waals surface area contributed by atoms with Crippen LogP contribution in [0.5, 0.6) is 0 Å². The molecule has 1 aromatic rings. The molecule has 2 N–H and O–H groups in total. The predicted octanol–water partition coefficient (Wildman–Crippen LogP) is 4.29. The van der Waals surface area contributed by atoms with Crippen LogP contribution in [-0.2, 0) is 16.7 Å². The molecule has 9 heteroatoms. The molecule has 0 radical (unpaired) electrons.